The van der Waals surface area contributed by atoms with Crippen molar-refractivity contribution >= 4 is 11.5 Å². The third kappa shape index (κ3) is 3.77. The number of nitrogens with zero attached hydrogens (tertiary/aromatic N) is 4. The number of allylic oxidation sites excluding steroid dienone is 1. The summed E-state index contributed by atoms with van der Waals surface area (Å²) in [6.45, 7) is 3.03. The van der Waals surface area contributed by atoms with E-state index < -0.39 is 0 Å². The van der Waals surface area contributed by atoms with E-state index in [1.165, 1.54) is 0 Å². The van der Waals surface area contributed by atoms with Gasteiger partial charge in [-0.2, -0.15) is 0 Å². The van der Waals surface area contributed by atoms with Gasteiger partial charge in [-0.3, -0.25) is 9.48 Å². The van der Waals surface area contributed by atoms with Gasteiger partial charge in [-0.25, -0.2) is 0 Å². The van der Waals surface area contributed by atoms with Gasteiger partial charge in [0, 0.05) is 39.5 Å². The Hall–Kier alpha value is -2.67. The second-order valence-electron chi connectivity index (χ2n) is 6.50. The van der Waals surface area contributed by atoms with Crippen molar-refractivity contribution in [2.75, 3.05) is 27.3 Å². The van der Waals surface area contributed by atoms with Crippen LogP contribution in [0.1, 0.15) is 24.1 Å². The molecule has 0 spiro atoms. The highest BCUT2D eigenvalue weighted by Gasteiger charge is 2.37. The smallest absolute Gasteiger partial charge is 0.246 e. The average Bonchev–Trinajstić information content (AvgIpc) is 3.27. The van der Waals surface area contributed by atoms with Crippen LogP contribution in [0.25, 0.3) is 5.57 Å². The van der Waals surface area contributed by atoms with Crippen molar-refractivity contribution in [3.63, 3.8) is 0 Å². The Morgan fingerprint density at radius 1 is 1.31 bits per heavy atom. The Balaban J connectivity index is 1.75. The molecule has 1 fully saturated rings. The van der Waals surface area contributed by atoms with Gasteiger partial charge in [-0.1, -0.05) is 17.3 Å². The number of aryl methyl sites for hydroxylation is 1. The van der Waals surface area contributed by atoms with Crippen LogP contribution in [-0.2, 0) is 16.6 Å². The lowest BCUT2D eigenvalue weighted by Gasteiger charge is -2.14. The number of amides is 1. The van der Waals surface area contributed by atoms with Crippen LogP contribution in [0, 0.1) is 0 Å². The second-order valence-corrected chi connectivity index (χ2v) is 6.50. The number of carbonyl (C=O) groups is 1. The Morgan fingerprint density at radius 2 is 2.12 bits per heavy atom. The summed E-state index contributed by atoms with van der Waals surface area (Å²) < 4.78 is 12.5. The van der Waals surface area contributed by atoms with Crippen molar-refractivity contribution in [3.05, 3.63) is 47.8 Å². The van der Waals surface area contributed by atoms with Crippen molar-refractivity contribution in [1.82, 2.24) is 19.9 Å². The van der Waals surface area contributed by atoms with E-state index in [1.807, 2.05) is 44.4 Å². The normalized spacial score (nSPS) is 20.5. The minimum absolute atomic E-state index is 0.0289. The lowest BCUT2D eigenvalue weighted by atomic mass is 10.0. The number of hydrogen-bond acceptors (Lipinski definition) is 5. The van der Waals surface area contributed by atoms with E-state index in [2.05, 4.69) is 10.3 Å². The molecule has 3 rings (SSSR count). The molecule has 26 heavy (non-hydrogen) atoms. The lowest BCUT2D eigenvalue weighted by molar-refractivity contribution is -0.125. The van der Waals surface area contributed by atoms with Crippen LogP contribution in [0.3, 0.4) is 0 Å². The fraction of sp³-hybridized carbons (Fsp3) is 0.421. The number of rotatable bonds is 5. The number of benzene rings is 1. The molecule has 1 aliphatic heterocycles. The molecule has 1 saturated heterocycles. The Morgan fingerprint density at radius 3 is 2.77 bits per heavy atom. The molecule has 7 nitrogen and oxygen atoms in total. The summed E-state index contributed by atoms with van der Waals surface area (Å²) in [5.74, 6) is 0.771. The second kappa shape index (κ2) is 7.70. The number of likely N-dealkylation sites (tertiary alicyclic amines) is 1. The van der Waals surface area contributed by atoms with Gasteiger partial charge in [0.2, 0.25) is 5.91 Å². The molecule has 2 heterocycles. The average molecular weight is 356 g/mol. The van der Waals surface area contributed by atoms with E-state index in [4.69, 9.17) is 9.47 Å². The maximum Gasteiger partial charge on any atom is 0.246 e. The Kier molecular flexibility index (Phi) is 5.37. The predicted octanol–water partition coefficient (Wildman–Crippen LogP) is 1.87. The first kappa shape index (κ1) is 18.1. The fourth-order valence-electron chi connectivity index (χ4n) is 3.24. The van der Waals surface area contributed by atoms with Crippen LogP contribution in [-0.4, -0.2) is 59.2 Å². The SMILES string of the molecule is COc1cccc(/C(C)=C/C(=O)N2C[C@@H](OC)[C@H](c3cn(C)nn3)C2)c1. The molecule has 0 bridgehead atoms. The maximum absolute atomic E-state index is 12.7. The van der Waals surface area contributed by atoms with Crippen molar-refractivity contribution in [2.45, 2.75) is 18.9 Å². The summed E-state index contributed by atoms with van der Waals surface area (Å²) in [6, 6.07) is 7.68. The van der Waals surface area contributed by atoms with E-state index in [-0.39, 0.29) is 17.9 Å². The van der Waals surface area contributed by atoms with Crippen molar-refractivity contribution in [3.8, 4) is 5.75 Å². The highest BCUT2D eigenvalue weighted by Crippen LogP contribution is 2.29. The Bertz CT molecular complexity index is 815. The largest absolute Gasteiger partial charge is 0.497 e. The van der Waals surface area contributed by atoms with Gasteiger partial charge in [0.15, 0.2) is 0 Å². The van der Waals surface area contributed by atoms with E-state index in [9.17, 15) is 4.79 Å². The highest BCUT2D eigenvalue weighted by atomic mass is 16.5. The molecular formula is C19H24N4O3. The van der Waals surface area contributed by atoms with E-state index in [0.717, 1.165) is 22.6 Å². The quantitative estimate of drug-likeness (QED) is 0.765. The van der Waals surface area contributed by atoms with Crippen LogP contribution in [0.2, 0.25) is 0 Å². The molecule has 1 aliphatic rings. The van der Waals surface area contributed by atoms with Gasteiger partial charge in [0.1, 0.15) is 5.75 Å². The van der Waals surface area contributed by atoms with Crippen LogP contribution in [0.15, 0.2) is 36.5 Å². The minimum atomic E-state index is -0.0822. The summed E-state index contributed by atoms with van der Waals surface area (Å²) >= 11 is 0. The summed E-state index contributed by atoms with van der Waals surface area (Å²) in [5, 5.41) is 8.17. The zero-order valence-electron chi connectivity index (χ0n) is 15.5. The third-order valence-electron chi connectivity index (χ3n) is 4.75. The highest BCUT2D eigenvalue weighted by molar-refractivity contribution is 5.95. The fourth-order valence-corrected chi connectivity index (χ4v) is 3.24. The predicted molar refractivity (Wildman–Crippen MR) is 97.8 cm³/mol. The van der Waals surface area contributed by atoms with Gasteiger partial charge in [-0.15, -0.1) is 5.10 Å². The van der Waals surface area contributed by atoms with Crippen LogP contribution < -0.4 is 4.74 Å². The topological polar surface area (TPSA) is 69.5 Å². The number of carbonyl (C=O) groups excluding carboxylic acids is 1. The van der Waals surface area contributed by atoms with Crippen molar-refractivity contribution in [1.29, 1.82) is 0 Å². The summed E-state index contributed by atoms with van der Waals surface area (Å²) in [4.78, 5) is 14.6. The van der Waals surface area contributed by atoms with E-state index >= 15 is 0 Å². The maximum atomic E-state index is 12.7. The molecule has 1 amide bonds. The van der Waals surface area contributed by atoms with Gasteiger partial charge in [0.05, 0.1) is 24.8 Å². The third-order valence-corrected chi connectivity index (χ3v) is 4.75. The first-order valence-electron chi connectivity index (χ1n) is 8.52. The van der Waals surface area contributed by atoms with Crippen molar-refractivity contribution < 1.29 is 14.3 Å². The standard InChI is InChI=1S/C19H24N4O3/c1-13(14-6-5-7-15(9-14)25-3)8-19(24)23-10-16(18(12-23)26-4)17-11-22(2)21-20-17/h5-9,11,16,18H,10,12H2,1-4H3/b13-8+/t16-,18+/m0/s1. The first-order valence-corrected chi connectivity index (χ1v) is 8.52. The molecule has 0 N–H and O–H groups in total. The molecule has 7 heteroatoms. The molecule has 0 radical (unpaired) electrons. The summed E-state index contributed by atoms with van der Waals surface area (Å²) in [7, 11) is 5.13. The molecule has 0 aliphatic carbocycles. The zero-order valence-corrected chi connectivity index (χ0v) is 15.5. The minimum Gasteiger partial charge on any atom is -0.497 e. The Labute approximate surface area is 153 Å². The van der Waals surface area contributed by atoms with Crippen molar-refractivity contribution in [2.24, 2.45) is 7.05 Å². The number of hydrogen-bond donors (Lipinski definition) is 0. The summed E-state index contributed by atoms with van der Waals surface area (Å²) in [5.41, 5.74) is 2.71. The zero-order chi connectivity index (χ0) is 18.7. The van der Waals surface area contributed by atoms with E-state index in [1.54, 1.807) is 29.9 Å². The molecule has 2 atom stereocenters. The first-order chi connectivity index (χ1) is 12.5. The molecule has 138 valence electrons. The number of methoxy groups -OCH3 is 2. The van der Waals surface area contributed by atoms with Crippen LogP contribution in [0.5, 0.6) is 5.75 Å². The molecule has 1 aromatic carbocycles. The van der Waals surface area contributed by atoms with Gasteiger partial charge >= 0.3 is 0 Å². The van der Waals surface area contributed by atoms with Gasteiger partial charge < -0.3 is 14.4 Å². The molecule has 0 saturated carbocycles. The summed E-state index contributed by atoms with van der Waals surface area (Å²) in [6.07, 6.45) is 3.46. The lowest BCUT2D eigenvalue weighted by Crippen LogP contribution is -2.28. The van der Waals surface area contributed by atoms with Crippen LogP contribution >= 0.6 is 0 Å². The monoisotopic (exact) mass is 356 g/mol. The molecular weight excluding hydrogens is 332 g/mol. The van der Waals surface area contributed by atoms with Gasteiger partial charge in [0.25, 0.3) is 0 Å². The number of aromatic nitrogens is 3. The van der Waals surface area contributed by atoms with Crippen LogP contribution in [0.4, 0.5) is 0 Å². The molecule has 0 unspecified atom stereocenters. The molecule has 1 aromatic heterocycles. The molecule has 2 aromatic rings. The van der Waals surface area contributed by atoms with Gasteiger partial charge in [-0.05, 0) is 30.2 Å². The number of ether oxygens (including phenoxy) is 2. The van der Waals surface area contributed by atoms with E-state index in [0.29, 0.717) is 13.1 Å².